The smallest absolute Gasteiger partial charge is 0.101 e. The molecule has 172 valence electrons. The zero-order chi connectivity index (χ0) is 21.0. The highest BCUT2D eigenvalue weighted by Gasteiger charge is 2.24. The first kappa shape index (κ1) is 26.4. The first-order valence-corrected chi connectivity index (χ1v) is 13.5. The van der Waals surface area contributed by atoms with Crippen molar-refractivity contribution in [3.05, 3.63) is 12.4 Å². The lowest BCUT2D eigenvalue weighted by Crippen LogP contribution is -2.39. The van der Waals surface area contributed by atoms with E-state index in [-0.39, 0.29) is 0 Å². The van der Waals surface area contributed by atoms with Crippen molar-refractivity contribution in [1.29, 1.82) is 0 Å². The zero-order valence-corrected chi connectivity index (χ0v) is 20.5. The number of hydrogen-bond acceptors (Lipinski definition) is 2. The van der Waals surface area contributed by atoms with E-state index in [2.05, 4.69) is 43.0 Å². The molecule has 1 unspecified atom stereocenters. The summed E-state index contributed by atoms with van der Waals surface area (Å²) in [5.74, 6) is 0. The highest BCUT2D eigenvalue weighted by molar-refractivity contribution is 4.96. The lowest BCUT2D eigenvalue weighted by Gasteiger charge is -2.33. The molecule has 0 bridgehead atoms. The van der Waals surface area contributed by atoms with Gasteiger partial charge in [-0.25, -0.2) is 0 Å². The maximum atomic E-state index is 2.66. The molecule has 0 amide bonds. The molecular weight excluding hydrogens is 352 g/mol. The fourth-order valence-corrected chi connectivity index (χ4v) is 4.60. The van der Waals surface area contributed by atoms with Crippen molar-refractivity contribution in [3.8, 4) is 0 Å². The average Bonchev–Trinajstić information content (AvgIpc) is 3.11. The van der Waals surface area contributed by atoms with Crippen LogP contribution in [0.15, 0.2) is 12.4 Å². The van der Waals surface area contributed by atoms with Crippen LogP contribution in [0.5, 0.6) is 0 Å². The van der Waals surface area contributed by atoms with Crippen molar-refractivity contribution in [1.82, 2.24) is 9.80 Å². The largest absolute Gasteiger partial charge is 0.356 e. The lowest BCUT2D eigenvalue weighted by atomic mass is 10.0. The Morgan fingerprint density at radius 3 is 1.28 bits per heavy atom. The van der Waals surface area contributed by atoms with Crippen LogP contribution in [0.2, 0.25) is 0 Å². The molecular formula is C27H54N2. The molecule has 0 aromatic rings. The molecule has 1 atom stereocenters. The normalized spacial score (nSPS) is 16.3. The van der Waals surface area contributed by atoms with Crippen molar-refractivity contribution < 1.29 is 0 Å². The van der Waals surface area contributed by atoms with Gasteiger partial charge in [-0.15, -0.1) is 0 Å². The van der Waals surface area contributed by atoms with E-state index >= 15 is 0 Å². The van der Waals surface area contributed by atoms with E-state index in [0.29, 0.717) is 6.17 Å². The van der Waals surface area contributed by atoms with Crippen LogP contribution in [0, 0.1) is 0 Å². The van der Waals surface area contributed by atoms with Gasteiger partial charge in [0.05, 0.1) is 0 Å². The van der Waals surface area contributed by atoms with Crippen molar-refractivity contribution >= 4 is 0 Å². The second-order valence-electron chi connectivity index (χ2n) is 9.35. The van der Waals surface area contributed by atoms with Gasteiger partial charge in [0.1, 0.15) is 6.17 Å². The Bertz CT molecular complexity index is 366. The summed E-state index contributed by atoms with van der Waals surface area (Å²) in [4.78, 5) is 5.31. The molecule has 0 N–H and O–H groups in total. The zero-order valence-electron chi connectivity index (χ0n) is 20.5. The molecule has 0 aliphatic carbocycles. The molecule has 2 nitrogen and oxygen atoms in total. The molecule has 0 radical (unpaired) electrons. The SMILES string of the molecule is CCCCCCCCCCCCC1N(CCCCC)C=CN1CCCCCCC. The van der Waals surface area contributed by atoms with Gasteiger partial charge in [0.25, 0.3) is 0 Å². The molecule has 0 aromatic heterocycles. The first-order chi connectivity index (χ1) is 14.3. The van der Waals surface area contributed by atoms with Crippen molar-refractivity contribution in [2.75, 3.05) is 13.1 Å². The molecule has 0 saturated heterocycles. The highest BCUT2D eigenvalue weighted by atomic mass is 15.4. The third kappa shape index (κ3) is 13.3. The van der Waals surface area contributed by atoms with Gasteiger partial charge in [0, 0.05) is 25.5 Å². The maximum absolute atomic E-state index is 2.66. The number of hydrogen-bond donors (Lipinski definition) is 0. The van der Waals surface area contributed by atoms with Gasteiger partial charge >= 0.3 is 0 Å². The van der Waals surface area contributed by atoms with E-state index in [1.54, 1.807) is 0 Å². The van der Waals surface area contributed by atoms with E-state index in [4.69, 9.17) is 0 Å². The second kappa shape index (κ2) is 19.3. The minimum atomic E-state index is 0.645. The summed E-state index contributed by atoms with van der Waals surface area (Å²) in [6, 6.07) is 0. The Balaban J connectivity index is 2.21. The molecule has 1 rings (SSSR count). The fourth-order valence-electron chi connectivity index (χ4n) is 4.60. The number of rotatable bonds is 21. The van der Waals surface area contributed by atoms with Crippen LogP contribution in [-0.2, 0) is 0 Å². The summed E-state index contributed by atoms with van der Waals surface area (Å²) in [7, 11) is 0. The molecule has 0 aromatic carbocycles. The third-order valence-electron chi connectivity index (χ3n) is 6.57. The van der Waals surface area contributed by atoms with Crippen LogP contribution in [0.1, 0.15) is 143 Å². The van der Waals surface area contributed by atoms with E-state index in [1.807, 2.05) is 0 Å². The van der Waals surface area contributed by atoms with Gasteiger partial charge in [-0.2, -0.15) is 0 Å². The van der Waals surface area contributed by atoms with Crippen molar-refractivity contribution in [2.45, 2.75) is 149 Å². The van der Waals surface area contributed by atoms with Gasteiger partial charge in [0.2, 0.25) is 0 Å². The monoisotopic (exact) mass is 406 g/mol. The Labute approximate surface area is 184 Å². The summed E-state index contributed by atoms with van der Waals surface area (Å²) in [6.45, 7) is 9.42. The Morgan fingerprint density at radius 2 is 0.793 bits per heavy atom. The third-order valence-corrected chi connectivity index (χ3v) is 6.57. The van der Waals surface area contributed by atoms with Crippen molar-refractivity contribution in [3.63, 3.8) is 0 Å². The summed E-state index contributed by atoms with van der Waals surface area (Å²) < 4.78 is 0. The van der Waals surface area contributed by atoms with Crippen LogP contribution in [0.3, 0.4) is 0 Å². The van der Waals surface area contributed by atoms with Gasteiger partial charge in [0.15, 0.2) is 0 Å². The summed E-state index contributed by atoms with van der Waals surface area (Å²) >= 11 is 0. The van der Waals surface area contributed by atoms with Crippen molar-refractivity contribution in [2.24, 2.45) is 0 Å². The van der Waals surface area contributed by atoms with Crippen LogP contribution < -0.4 is 0 Å². The van der Waals surface area contributed by atoms with E-state index in [9.17, 15) is 0 Å². The minimum absolute atomic E-state index is 0.645. The average molecular weight is 407 g/mol. The summed E-state index contributed by atoms with van der Waals surface area (Å²) in [6.07, 6.45) is 32.1. The van der Waals surface area contributed by atoms with Crippen LogP contribution in [0.4, 0.5) is 0 Å². The molecule has 0 fully saturated rings. The Hall–Kier alpha value is -0.660. The molecule has 29 heavy (non-hydrogen) atoms. The van der Waals surface area contributed by atoms with Gasteiger partial charge in [-0.05, 0) is 25.7 Å². The van der Waals surface area contributed by atoms with E-state index in [0.717, 1.165) is 0 Å². The molecule has 0 spiro atoms. The second-order valence-corrected chi connectivity index (χ2v) is 9.35. The van der Waals surface area contributed by atoms with E-state index < -0.39 is 0 Å². The lowest BCUT2D eigenvalue weighted by molar-refractivity contribution is 0.135. The molecule has 1 heterocycles. The van der Waals surface area contributed by atoms with Gasteiger partial charge in [-0.3, -0.25) is 0 Å². The molecule has 0 saturated carbocycles. The predicted molar refractivity (Wildman–Crippen MR) is 131 cm³/mol. The minimum Gasteiger partial charge on any atom is -0.356 e. The number of unbranched alkanes of at least 4 members (excludes halogenated alkanes) is 15. The van der Waals surface area contributed by atoms with E-state index in [1.165, 1.54) is 135 Å². The van der Waals surface area contributed by atoms with Gasteiger partial charge in [-0.1, -0.05) is 117 Å². The molecule has 1 aliphatic heterocycles. The summed E-state index contributed by atoms with van der Waals surface area (Å²) in [5, 5.41) is 0. The standard InChI is InChI=1S/C27H54N2/c1-4-7-10-12-13-14-15-16-17-19-22-27-28(23-20-9-6-3)25-26-29(27)24-21-18-11-8-5-2/h25-27H,4-24H2,1-3H3. The van der Waals surface area contributed by atoms with Crippen LogP contribution >= 0.6 is 0 Å². The van der Waals surface area contributed by atoms with Crippen LogP contribution in [0.25, 0.3) is 0 Å². The predicted octanol–water partition coefficient (Wildman–Crippen LogP) is 8.87. The highest BCUT2D eigenvalue weighted by Crippen LogP contribution is 2.23. The molecule has 2 heteroatoms. The number of nitrogens with zero attached hydrogens (tertiary/aromatic N) is 2. The Kier molecular flexibility index (Phi) is 17.6. The summed E-state index contributed by atoms with van der Waals surface area (Å²) in [5.41, 5.74) is 0. The quantitative estimate of drug-likeness (QED) is 0.176. The first-order valence-electron chi connectivity index (χ1n) is 13.5. The maximum Gasteiger partial charge on any atom is 0.101 e. The Morgan fingerprint density at radius 1 is 0.448 bits per heavy atom. The van der Waals surface area contributed by atoms with Gasteiger partial charge < -0.3 is 9.80 Å². The molecule has 1 aliphatic rings. The fraction of sp³-hybridized carbons (Fsp3) is 0.926. The topological polar surface area (TPSA) is 6.48 Å². The van der Waals surface area contributed by atoms with Crippen LogP contribution in [-0.4, -0.2) is 29.1 Å².